The van der Waals surface area contributed by atoms with Crippen LogP contribution in [-0.4, -0.2) is 15.7 Å². The van der Waals surface area contributed by atoms with Crippen molar-refractivity contribution in [1.82, 2.24) is 15.1 Å². The molecule has 108 valence electrons. The van der Waals surface area contributed by atoms with Gasteiger partial charge in [-0.15, -0.1) is 0 Å². The molecule has 0 saturated heterocycles. The summed E-state index contributed by atoms with van der Waals surface area (Å²) in [5, 5.41) is 6.46. The molecule has 7 heteroatoms. The number of amides is 1. The standard InChI is InChI=1S/C14H10F3N3O/c15-8-6-9(16)13(10(17)7-8)14-11(2-3-12(21)19-14)20-5-1-4-18-20/h1,4-7H,2-3H2,(H,19,21). The van der Waals surface area contributed by atoms with Gasteiger partial charge >= 0.3 is 0 Å². The summed E-state index contributed by atoms with van der Waals surface area (Å²) in [6.45, 7) is 0. The molecule has 0 aliphatic carbocycles. The number of hydrogen-bond donors (Lipinski definition) is 1. The van der Waals surface area contributed by atoms with Crippen molar-refractivity contribution >= 4 is 17.3 Å². The van der Waals surface area contributed by atoms with Crippen LogP contribution < -0.4 is 5.32 Å². The molecule has 21 heavy (non-hydrogen) atoms. The highest BCUT2D eigenvalue weighted by Crippen LogP contribution is 2.30. The molecule has 0 spiro atoms. The average Bonchev–Trinajstić information content (AvgIpc) is 2.91. The van der Waals surface area contributed by atoms with Crippen molar-refractivity contribution < 1.29 is 18.0 Å². The van der Waals surface area contributed by atoms with Crippen LogP contribution in [0.5, 0.6) is 0 Å². The Kier molecular flexibility index (Phi) is 3.25. The quantitative estimate of drug-likeness (QED) is 0.925. The van der Waals surface area contributed by atoms with Gasteiger partial charge in [-0.2, -0.15) is 5.10 Å². The van der Waals surface area contributed by atoms with Crippen LogP contribution in [0.3, 0.4) is 0 Å². The highest BCUT2D eigenvalue weighted by atomic mass is 19.1. The van der Waals surface area contributed by atoms with Gasteiger partial charge in [-0.25, -0.2) is 17.9 Å². The molecule has 0 fully saturated rings. The lowest BCUT2D eigenvalue weighted by Gasteiger charge is -2.22. The lowest BCUT2D eigenvalue weighted by atomic mass is 10.0. The number of hydrogen-bond acceptors (Lipinski definition) is 2. The zero-order valence-corrected chi connectivity index (χ0v) is 10.7. The number of nitrogens with zero attached hydrogens (tertiary/aromatic N) is 2. The lowest BCUT2D eigenvalue weighted by Crippen LogP contribution is -2.29. The minimum Gasteiger partial charge on any atom is -0.324 e. The smallest absolute Gasteiger partial charge is 0.224 e. The number of carbonyl (C=O) groups excluding carboxylic acids is 1. The average molecular weight is 293 g/mol. The maximum atomic E-state index is 13.9. The highest BCUT2D eigenvalue weighted by molar-refractivity contribution is 5.97. The van der Waals surface area contributed by atoms with E-state index in [1.807, 2.05) is 0 Å². The van der Waals surface area contributed by atoms with Gasteiger partial charge < -0.3 is 5.32 Å². The summed E-state index contributed by atoms with van der Waals surface area (Å²) in [7, 11) is 0. The van der Waals surface area contributed by atoms with E-state index in [4.69, 9.17) is 0 Å². The van der Waals surface area contributed by atoms with Gasteiger partial charge in [0.2, 0.25) is 5.91 Å². The summed E-state index contributed by atoms with van der Waals surface area (Å²) in [5.74, 6) is -3.52. The third-order valence-corrected chi connectivity index (χ3v) is 3.18. The van der Waals surface area contributed by atoms with E-state index in [1.165, 1.54) is 10.9 Å². The SMILES string of the molecule is O=C1CCC(n2cccn2)=C(c2c(F)cc(F)cc2F)N1. The Morgan fingerprint density at radius 2 is 1.86 bits per heavy atom. The predicted octanol–water partition coefficient (Wildman–Crippen LogP) is 2.54. The summed E-state index contributed by atoms with van der Waals surface area (Å²) in [5.41, 5.74) is -0.0380. The van der Waals surface area contributed by atoms with Crippen molar-refractivity contribution in [2.24, 2.45) is 0 Å². The lowest BCUT2D eigenvalue weighted by molar-refractivity contribution is -0.120. The van der Waals surface area contributed by atoms with Gasteiger partial charge in [0.15, 0.2) is 0 Å². The van der Waals surface area contributed by atoms with Gasteiger partial charge in [-0.05, 0) is 6.07 Å². The molecule has 1 aromatic carbocycles. The van der Waals surface area contributed by atoms with E-state index in [1.54, 1.807) is 12.3 Å². The van der Waals surface area contributed by atoms with Gasteiger partial charge in [-0.3, -0.25) is 4.79 Å². The van der Waals surface area contributed by atoms with Crippen molar-refractivity contribution in [3.05, 3.63) is 53.6 Å². The molecule has 4 nitrogen and oxygen atoms in total. The normalized spacial score (nSPS) is 15.3. The summed E-state index contributed by atoms with van der Waals surface area (Å²) in [6.07, 6.45) is 3.58. The number of halogens is 3. The van der Waals surface area contributed by atoms with Gasteiger partial charge in [-0.1, -0.05) is 0 Å². The summed E-state index contributed by atoms with van der Waals surface area (Å²) >= 11 is 0. The zero-order chi connectivity index (χ0) is 15.0. The molecule has 0 unspecified atom stereocenters. The summed E-state index contributed by atoms with van der Waals surface area (Å²) in [4.78, 5) is 11.6. The van der Waals surface area contributed by atoms with E-state index in [0.29, 0.717) is 17.8 Å². The number of allylic oxidation sites excluding steroid dienone is 1. The van der Waals surface area contributed by atoms with Crippen LogP contribution >= 0.6 is 0 Å². The first kappa shape index (κ1) is 13.4. The Balaban J connectivity index is 2.23. The van der Waals surface area contributed by atoms with E-state index in [-0.39, 0.29) is 24.4 Å². The molecule has 1 amide bonds. The number of rotatable bonds is 2. The molecule has 2 heterocycles. The van der Waals surface area contributed by atoms with Gasteiger partial charge in [0.1, 0.15) is 17.5 Å². The second kappa shape index (κ2) is 5.08. The van der Waals surface area contributed by atoms with Crippen molar-refractivity contribution in [1.29, 1.82) is 0 Å². The van der Waals surface area contributed by atoms with Crippen molar-refractivity contribution in [3.8, 4) is 0 Å². The van der Waals surface area contributed by atoms with Crippen LogP contribution in [0.2, 0.25) is 0 Å². The molecule has 1 N–H and O–H groups in total. The molecule has 1 aromatic heterocycles. The van der Waals surface area contributed by atoms with Crippen LogP contribution in [0, 0.1) is 17.5 Å². The van der Waals surface area contributed by atoms with Crippen molar-refractivity contribution in [2.45, 2.75) is 12.8 Å². The Labute approximate surface area is 117 Å². The second-order valence-corrected chi connectivity index (χ2v) is 4.56. The number of carbonyl (C=O) groups is 1. The largest absolute Gasteiger partial charge is 0.324 e. The van der Waals surface area contributed by atoms with Crippen LogP contribution in [0.1, 0.15) is 18.4 Å². The number of aromatic nitrogens is 2. The topological polar surface area (TPSA) is 46.9 Å². The van der Waals surface area contributed by atoms with Crippen LogP contribution in [-0.2, 0) is 4.79 Å². The molecule has 0 radical (unpaired) electrons. The predicted molar refractivity (Wildman–Crippen MR) is 69.0 cm³/mol. The third kappa shape index (κ3) is 2.42. The van der Waals surface area contributed by atoms with E-state index >= 15 is 0 Å². The fourth-order valence-corrected chi connectivity index (χ4v) is 2.28. The molecular formula is C14H10F3N3O. The van der Waals surface area contributed by atoms with Gasteiger partial charge in [0.25, 0.3) is 0 Å². The van der Waals surface area contributed by atoms with Crippen LogP contribution in [0.4, 0.5) is 13.2 Å². The first-order valence-electron chi connectivity index (χ1n) is 6.24. The molecule has 1 aliphatic rings. The minimum absolute atomic E-state index is 0.0232. The minimum atomic E-state index is -1.07. The second-order valence-electron chi connectivity index (χ2n) is 4.56. The third-order valence-electron chi connectivity index (χ3n) is 3.18. The summed E-state index contributed by atoms with van der Waals surface area (Å²) < 4.78 is 42.3. The van der Waals surface area contributed by atoms with E-state index in [9.17, 15) is 18.0 Å². The maximum absolute atomic E-state index is 13.9. The Morgan fingerprint density at radius 1 is 1.14 bits per heavy atom. The van der Waals surface area contributed by atoms with Crippen LogP contribution in [0.15, 0.2) is 30.6 Å². The fraction of sp³-hybridized carbons (Fsp3) is 0.143. The van der Waals surface area contributed by atoms with Crippen LogP contribution in [0.25, 0.3) is 11.4 Å². The Bertz CT molecular complexity index is 715. The Hall–Kier alpha value is -2.57. The molecule has 1 aliphatic heterocycles. The molecule has 0 atom stereocenters. The molecule has 2 aromatic rings. The first-order chi connectivity index (χ1) is 10.1. The zero-order valence-electron chi connectivity index (χ0n) is 10.7. The van der Waals surface area contributed by atoms with Gasteiger partial charge in [0, 0.05) is 37.4 Å². The van der Waals surface area contributed by atoms with Crippen molar-refractivity contribution in [3.63, 3.8) is 0 Å². The van der Waals surface area contributed by atoms with E-state index in [0.717, 1.165) is 0 Å². The van der Waals surface area contributed by atoms with E-state index < -0.39 is 23.0 Å². The highest BCUT2D eigenvalue weighted by Gasteiger charge is 2.26. The number of benzene rings is 1. The van der Waals surface area contributed by atoms with Gasteiger partial charge in [0.05, 0.1) is 17.0 Å². The molecule has 0 bridgehead atoms. The first-order valence-corrected chi connectivity index (χ1v) is 6.24. The van der Waals surface area contributed by atoms with Crippen molar-refractivity contribution in [2.75, 3.05) is 0 Å². The summed E-state index contributed by atoms with van der Waals surface area (Å²) in [6, 6.07) is 2.80. The van der Waals surface area contributed by atoms with E-state index in [2.05, 4.69) is 10.4 Å². The Morgan fingerprint density at radius 3 is 2.48 bits per heavy atom. The number of nitrogens with one attached hydrogen (secondary N) is 1. The molecular weight excluding hydrogens is 283 g/mol. The molecule has 3 rings (SSSR count). The molecule has 0 saturated carbocycles. The fourth-order valence-electron chi connectivity index (χ4n) is 2.28. The monoisotopic (exact) mass is 293 g/mol. The maximum Gasteiger partial charge on any atom is 0.224 e.